The van der Waals surface area contributed by atoms with E-state index < -0.39 is 6.04 Å². The maximum absolute atomic E-state index is 10.1. The van der Waals surface area contributed by atoms with E-state index >= 15 is 0 Å². The van der Waals surface area contributed by atoms with Crippen LogP contribution in [-0.2, 0) is 0 Å². The predicted molar refractivity (Wildman–Crippen MR) is 69.7 cm³/mol. The molecule has 0 aliphatic rings. The van der Waals surface area contributed by atoms with Crippen LogP contribution in [0.25, 0.3) is 0 Å². The Morgan fingerprint density at radius 1 is 1.44 bits per heavy atom. The molecule has 0 aliphatic carbocycles. The molecule has 0 saturated carbocycles. The van der Waals surface area contributed by atoms with E-state index in [9.17, 15) is 5.11 Å². The lowest BCUT2D eigenvalue weighted by atomic mass is 9.98. The Labute approximate surface area is 109 Å². The van der Waals surface area contributed by atoms with Gasteiger partial charge in [-0.05, 0) is 23.6 Å². The van der Waals surface area contributed by atoms with Gasteiger partial charge in [-0.15, -0.1) is 11.3 Å². The lowest BCUT2D eigenvalue weighted by Crippen LogP contribution is -2.12. The molecule has 4 nitrogen and oxygen atoms in total. The number of thiophene rings is 1. The van der Waals surface area contributed by atoms with Gasteiger partial charge in [-0.2, -0.15) is 5.26 Å². The Hall–Kier alpha value is -2.03. The highest BCUT2D eigenvalue weighted by molar-refractivity contribution is 7.10. The quantitative estimate of drug-likeness (QED) is 0.888. The van der Waals surface area contributed by atoms with Gasteiger partial charge in [0.2, 0.25) is 0 Å². The normalized spacial score (nSPS) is 11.8. The third-order valence-corrected chi connectivity index (χ3v) is 3.64. The van der Waals surface area contributed by atoms with E-state index in [4.69, 9.17) is 15.7 Å². The molecule has 1 heterocycles. The van der Waals surface area contributed by atoms with E-state index in [-0.39, 0.29) is 5.75 Å². The van der Waals surface area contributed by atoms with Crippen LogP contribution >= 0.6 is 11.3 Å². The zero-order valence-corrected chi connectivity index (χ0v) is 10.6. The van der Waals surface area contributed by atoms with Crippen LogP contribution in [0.5, 0.6) is 11.5 Å². The second-order valence-corrected chi connectivity index (χ2v) is 4.66. The first kappa shape index (κ1) is 12.4. The number of benzene rings is 1. The fourth-order valence-corrected chi connectivity index (χ4v) is 2.51. The van der Waals surface area contributed by atoms with E-state index in [1.807, 2.05) is 23.6 Å². The van der Waals surface area contributed by atoms with Crippen molar-refractivity contribution in [3.05, 3.63) is 45.6 Å². The molecule has 92 valence electrons. The molecular formula is C13H12N2O2S. The smallest absolute Gasteiger partial charge is 0.164 e. The third-order valence-electron chi connectivity index (χ3n) is 2.68. The van der Waals surface area contributed by atoms with Crippen molar-refractivity contribution in [3.8, 4) is 17.6 Å². The number of phenolic OH excluding ortho intramolecular Hbond substituents is 1. The van der Waals surface area contributed by atoms with Crippen LogP contribution in [0.2, 0.25) is 0 Å². The number of rotatable bonds is 3. The molecule has 0 amide bonds. The highest BCUT2D eigenvalue weighted by atomic mass is 32.1. The molecule has 1 aromatic carbocycles. The number of aromatic hydroxyl groups is 1. The van der Waals surface area contributed by atoms with Gasteiger partial charge in [0.1, 0.15) is 0 Å². The number of hydrogen-bond donors (Lipinski definition) is 2. The summed E-state index contributed by atoms with van der Waals surface area (Å²) in [6.45, 7) is 0. The molecule has 0 spiro atoms. The van der Waals surface area contributed by atoms with Gasteiger partial charge in [0, 0.05) is 10.4 Å². The summed E-state index contributed by atoms with van der Waals surface area (Å²) in [5, 5.41) is 21.1. The number of nitrogens with zero attached hydrogens (tertiary/aromatic N) is 1. The second-order valence-electron chi connectivity index (χ2n) is 3.68. The molecule has 0 fully saturated rings. The minimum absolute atomic E-state index is 0.0718. The highest BCUT2D eigenvalue weighted by Gasteiger charge is 2.21. The second kappa shape index (κ2) is 5.08. The first-order valence-corrected chi connectivity index (χ1v) is 6.16. The summed E-state index contributed by atoms with van der Waals surface area (Å²) in [6.07, 6.45) is 0. The van der Waals surface area contributed by atoms with Crippen molar-refractivity contribution in [2.45, 2.75) is 6.04 Å². The fourth-order valence-electron chi connectivity index (χ4n) is 1.78. The van der Waals surface area contributed by atoms with Crippen molar-refractivity contribution in [2.24, 2.45) is 5.73 Å². The van der Waals surface area contributed by atoms with Crippen LogP contribution < -0.4 is 10.5 Å². The predicted octanol–water partition coefficient (Wildman–Crippen LogP) is 2.38. The monoisotopic (exact) mass is 260 g/mol. The van der Waals surface area contributed by atoms with Crippen LogP contribution in [0.15, 0.2) is 29.6 Å². The number of hydrogen-bond acceptors (Lipinski definition) is 5. The molecule has 18 heavy (non-hydrogen) atoms. The van der Waals surface area contributed by atoms with Crippen molar-refractivity contribution < 1.29 is 9.84 Å². The number of phenols is 1. The highest BCUT2D eigenvalue weighted by Crippen LogP contribution is 2.38. The minimum atomic E-state index is -0.533. The zero-order chi connectivity index (χ0) is 13.1. The molecule has 0 radical (unpaired) electrons. The summed E-state index contributed by atoms with van der Waals surface area (Å²) in [6, 6.07) is 8.41. The third kappa shape index (κ3) is 2.04. The molecule has 1 atom stereocenters. The molecule has 1 aromatic heterocycles. The number of methoxy groups -OCH3 is 1. The Bertz CT molecular complexity index is 588. The van der Waals surface area contributed by atoms with Gasteiger partial charge < -0.3 is 15.6 Å². The van der Waals surface area contributed by atoms with Crippen molar-refractivity contribution in [2.75, 3.05) is 7.11 Å². The Kier molecular flexibility index (Phi) is 3.51. The molecule has 2 aromatic rings. The van der Waals surface area contributed by atoms with E-state index in [2.05, 4.69) is 0 Å². The standard InChI is InChI=1S/C13H12N2O2S/c1-17-9-5-4-8(7-14)11(13(9)16)12(15)10-3-2-6-18-10/h2-6,12,16H,15H2,1H3/t12-/m1/s1. The average Bonchev–Trinajstić information content (AvgIpc) is 2.91. The topological polar surface area (TPSA) is 79.3 Å². The van der Waals surface area contributed by atoms with E-state index in [0.29, 0.717) is 16.9 Å². The number of nitriles is 1. The van der Waals surface area contributed by atoms with Crippen molar-refractivity contribution in [1.29, 1.82) is 5.26 Å². The maximum Gasteiger partial charge on any atom is 0.164 e. The molecule has 0 saturated heterocycles. The summed E-state index contributed by atoms with van der Waals surface area (Å²) >= 11 is 1.48. The molecule has 0 bridgehead atoms. The molecule has 2 rings (SSSR count). The first-order valence-electron chi connectivity index (χ1n) is 5.28. The largest absolute Gasteiger partial charge is 0.504 e. The van der Waals surface area contributed by atoms with Gasteiger partial charge >= 0.3 is 0 Å². The van der Waals surface area contributed by atoms with Gasteiger partial charge in [0.25, 0.3) is 0 Å². The zero-order valence-electron chi connectivity index (χ0n) is 9.75. The van der Waals surface area contributed by atoms with Gasteiger partial charge in [0.05, 0.1) is 24.8 Å². The lowest BCUT2D eigenvalue weighted by Gasteiger charge is -2.15. The Balaban J connectivity index is 2.58. The molecule has 5 heteroatoms. The van der Waals surface area contributed by atoms with Crippen molar-refractivity contribution in [1.82, 2.24) is 0 Å². The number of nitrogens with two attached hydrogens (primary N) is 1. The maximum atomic E-state index is 10.1. The Morgan fingerprint density at radius 3 is 2.78 bits per heavy atom. The van der Waals surface area contributed by atoms with Gasteiger partial charge in [-0.1, -0.05) is 6.07 Å². The lowest BCUT2D eigenvalue weighted by molar-refractivity contribution is 0.369. The van der Waals surface area contributed by atoms with E-state index in [0.717, 1.165) is 4.88 Å². The van der Waals surface area contributed by atoms with Gasteiger partial charge in [-0.3, -0.25) is 0 Å². The summed E-state index contributed by atoms with van der Waals surface area (Å²) in [5.41, 5.74) is 6.86. The average molecular weight is 260 g/mol. The van der Waals surface area contributed by atoms with Gasteiger partial charge in [-0.25, -0.2) is 0 Å². The van der Waals surface area contributed by atoms with Crippen LogP contribution in [0.4, 0.5) is 0 Å². The minimum Gasteiger partial charge on any atom is -0.504 e. The first-order chi connectivity index (χ1) is 8.69. The van der Waals surface area contributed by atoms with Gasteiger partial charge in [0.15, 0.2) is 11.5 Å². The van der Waals surface area contributed by atoms with Crippen molar-refractivity contribution >= 4 is 11.3 Å². The number of ether oxygens (including phenoxy) is 1. The van der Waals surface area contributed by atoms with Crippen LogP contribution in [-0.4, -0.2) is 12.2 Å². The van der Waals surface area contributed by atoms with Crippen LogP contribution in [0, 0.1) is 11.3 Å². The van der Waals surface area contributed by atoms with Crippen LogP contribution in [0.3, 0.4) is 0 Å². The Morgan fingerprint density at radius 2 is 2.22 bits per heavy atom. The summed E-state index contributed by atoms with van der Waals surface area (Å²) < 4.78 is 5.04. The van der Waals surface area contributed by atoms with Crippen LogP contribution in [0.1, 0.15) is 22.0 Å². The summed E-state index contributed by atoms with van der Waals surface area (Å²) in [4.78, 5) is 0.884. The van der Waals surface area contributed by atoms with E-state index in [1.54, 1.807) is 12.1 Å². The summed E-state index contributed by atoms with van der Waals surface area (Å²) in [5.74, 6) is 0.244. The van der Waals surface area contributed by atoms with E-state index in [1.165, 1.54) is 18.4 Å². The molecule has 0 aliphatic heterocycles. The fraction of sp³-hybridized carbons (Fsp3) is 0.154. The summed E-state index contributed by atoms with van der Waals surface area (Å²) in [7, 11) is 1.46. The molecule has 3 N–H and O–H groups in total. The molecular weight excluding hydrogens is 248 g/mol. The SMILES string of the molecule is COc1ccc(C#N)c([C@H](N)c2cccs2)c1O. The molecule has 0 unspecified atom stereocenters. The van der Waals surface area contributed by atoms with Crippen molar-refractivity contribution in [3.63, 3.8) is 0 Å².